The number of hydrogen-bond acceptors (Lipinski definition) is 3. The number of ether oxygens (including phenoxy) is 1. The normalized spacial score (nSPS) is 25.2. The van der Waals surface area contributed by atoms with Gasteiger partial charge in [0.25, 0.3) is 0 Å². The summed E-state index contributed by atoms with van der Waals surface area (Å²) in [5, 5.41) is 9.01. The van der Waals surface area contributed by atoms with Crippen LogP contribution in [0.25, 0.3) is 0 Å². The van der Waals surface area contributed by atoms with Crippen molar-refractivity contribution >= 4 is 5.97 Å². The second-order valence-corrected chi connectivity index (χ2v) is 3.52. The molecule has 0 bridgehead atoms. The Bertz CT molecular complexity index is 315. The van der Waals surface area contributed by atoms with Gasteiger partial charge in [0.1, 0.15) is 6.10 Å². The Kier molecular flexibility index (Phi) is 2.50. The molecule has 0 spiro atoms. The summed E-state index contributed by atoms with van der Waals surface area (Å²) in [4.78, 5) is 11.5. The van der Waals surface area contributed by atoms with E-state index in [1.165, 1.54) is 0 Å². The van der Waals surface area contributed by atoms with Gasteiger partial charge in [0.2, 0.25) is 0 Å². The van der Waals surface area contributed by atoms with Crippen LogP contribution in [0.1, 0.15) is 23.2 Å². The van der Waals surface area contributed by atoms with E-state index in [9.17, 15) is 4.79 Å². The van der Waals surface area contributed by atoms with Crippen LogP contribution in [-0.4, -0.2) is 23.3 Å². The molecule has 2 rings (SSSR count). The highest BCUT2D eigenvalue weighted by atomic mass is 16.5. The van der Waals surface area contributed by atoms with Crippen molar-refractivity contribution in [3.05, 3.63) is 35.9 Å². The number of rotatable bonds is 2. The number of aliphatic hydroxyl groups excluding tert-OH is 1. The predicted molar refractivity (Wildman–Crippen MR) is 50.9 cm³/mol. The molecule has 1 aliphatic carbocycles. The Morgan fingerprint density at radius 3 is 2.50 bits per heavy atom. The summed E-state index contributed by atoms with van der Waals surface area (Å²) in [6, 6.07) is 8.89. The first kappa shape index (κ1) is 9.21. The van der Waals surface area contributed by atoms with E-state index >= 15 is 0 Å². The van der Waals surface area contributed by atoms with Gasteiger partial charge in [-0.15, -0.1) is 0 Å². The minimum Gasteiger partial charge on any atom is -0.459 e. The summed E-state index contributed by atoms with van der Waals surface area (Å²) < 4.78 is 5.14. The molecule has 0 unspecified atom stereocenters. The highest BCUT2D eigenvalue weighted by Gasteiger charge is 2.30. The Morgan fingerprint density at radius 2 is 1.93 bits per heavy atom. The van der Waals surface area contributed by atoms with E-state index in [0.717, 1.165) is 0 Å². The maximum atomic E-state index is 11.5. The molecule has 1 saturated carbocycles. The third-order valence-electron chi connectivity index (χ3n) is 2.35. The van der Waals surface area contributed by atoms with Gasteiger partial charge in [-0.3, -0.25) is 0 Å². The van der Waals surface area contributed by atoms with Crippen molar-refractivity contribution in [2.24, 2.45) is 0 Å². The third kappa shape index (κ3) is 1.93. The topological polar surface area (TPSA) is 46.5 Å². The quantitative estimate of drug-likeness (QED) is 0.720. The van der Waals surface area contributed by atoms with Crippen LogP contribution in [0.3, 0.4) is 0 Å². The number of carbonyl (C=O) groups excluding carboxylic acids is 1. The molecule has 0 saturated heterocycles. The van der Waals surface area contributed by atoms with E-state index in [-0.39, 0.29) is 18.2 Å². The van der Waals surface area contributed by atoms with Gasteiger partial charge in [-0.1, -0.05) is 18.2 Å². The lowest BCUT2D eigenvalue weighted by atomic mass is 9.92. The molecular weight excluding hydrogens is 180 g/mol. The second kappa shape index (κ2) is 3.80. The molecule has 1 aromatic carbocycles. The number of carbonyl (C=O) groups is 1. The van der Waals surface area contributed by atoms with Gasteiger partial charge in [0, 0.05) is 12.8 Å². The zero-order valence-corrected chi connectivity index (χ0v) is 7.72. The maximum Gasteiger partial charge on any atom is 0.338 e. The van der Waals surface area contributed by atoms with E-state index < -0.39 is 0 Å². The Morgan fingerprint density at radius 1 is 1.29 bits per heavy atom. The van der Waals surface area contributed by atoms with E-state index in [1.54, 1.807) is 24.3 Å². The molecule has 14 heavy (non-hydrogen) atoms. The largest absolute Gasteiger partial charge is 0.459 e. The molecule has 0 amide bonds. The molecule has 0 radical (unpaired) electrons. The summed E-state index contributed by atoms with van der Waals surface area (Å²) in [6.45, 7) is 0. The van der Waals surface area contributed by atoms with Gasteiger partial charge < -0.3 is 9.84 Å². The molecule has 3 heteroatoms. The molecule has 1 N–H and O–H groups in total. The second-order valence-electron chi connectivity index (χ2n) is 3.52. The highest BCUT2D eigenvalue weighted by molar-refractivity contribution is 5.89. The van der Waals surface area contributed by atoms with Crippen LogP contribution in [-0.2, 0) is 4.74 Å². The van der Waals surface area contributed by atoms with Crippen molar-refractivity contribution < 1.29 is 14.6 Å². The molecule has 0 atom stereocenters. The summed E-state index contributed by atoms with van der Waals surface area (Å²) >= 11 is 0. The molecular formula is C11H12O3. The molecule has 0 aromatic heterocycles. The first-order valence-corrected chi connectivity index (χ1v) is 4.70. The Labute approximate surface area is 82.3 Å². The van der Waals surface area contributed by atoms with Gasteiger partial charge in [0.15, 0.2) is 0 Å². The van der Waals surface area contributed by atoms with Crippen LogP contribution in [0, 0.1) is 0 Å². The molecule has 0 heterocycles. The van der Waals surface area contributed by atoms with Crippen LogP contribution in [0.15, 0.2) is 30.3 Å². The zero-order valence-electron chi connectivity index (χ0n) is 7.72. The molecule has 3 nitrogen and oxygen atoms in total. The SMILES string of the molecule is O=C(OC1CC(O)C1)c1ccccc1. The van der Waals surface area contributed by atoms with E-state index in [4.69, 9.17) is 9.84 Å². The highest BCUT2D eigenvalue weighted by Crippen LogP contribution is 2.23. The smallest absolute Gasteiger partial charge is 0.338 e. The summed E-state index contributed by atoms with van der Waals surface area (Å²) in [5.41, 5.74) is 0.564. The standard InChI is InChI=1S/C11H12O3/c12-9-6-10(7-9)14-11(13)8-4-2-1-3-5-8/h1-5,9-10,12H,6-7H2. The monoisotopic (exact) mass is 192 g/mol. The average molecular weight is 192 g/mol. The maximum absolute atomic E-state index is 11.5. The van der Waals surface area contributed by atoms with Crippen molar-refractivity contribution in [1.82, 2.24) is 0 Å². The predicted octanol–water partition coefficient (Wildman–Crippen LogP) is 1.37. The first-order valence-electron chi connectivity index (χ1n) is 4.70. The fraction of sp³-hybridized carbons (Fsp3) is 0.364. The molecule has 1 fully saturated rings. The minimum atomic E-state index is -0.303. The van der Waals surface area contributed by atoms with Crippen molar-refractivity contribution in [2.75, 3.05) is 0 Å². The van der Waals surface area contributed by atoms with E-state index in [0.29, 0.717) is 18.4 Å². The number of esters is 1. The molecule has 74 valence electrons. The lowest BCUT2D eigenvalue weighted by Crippen LogP contribution is -2.36. The van der Waals surface area contributed by atoms with E-state index in [2.05, 4.69) is 0 Å². The zero-order chi connectivity index (χ0) is 9.97. The van der Waals surface area contributed by atoms with Gasteiger partial charge in [0.05, 0.1) is 11.7 Å². The van der Waals surface area contributed by atoms with Gasteiger partial charge in [-0.2, -0.15) is 0 Å². The van der Waals surface area contributed by atoms with Crippen LogP contribution >= 0.6 is 0 Å². The molecule has 0 aliphatic heterocycles. The minimum absolute atomic E-state index is 0.0993. The Hall–Kier alpha value is -1.35. The van der Waals surface area contributed by atoms with Crippen molar-refractivity contribution in [1.29, 1.82) is 0 Å². The first-order chi connectivity index (χ1) is 6.75. The van der Waals surface area contributed by atoms with E-state index in [1.807, 2.05) is 6.07 Å². The Balaban J connectivity index is 1.90. The van der Waals surface area contributed by atoms with Crippen molar-refractivity contribution in [2.45, 2.75) is 25.0 Å². The number of benzene rings is 1. The number of hydrogen-bond donors (Lipinski definition) is 1. The molecule has 1 aliphatic rings. The lowest BCUT2D eigenvalue weighted by Gasteiger charge is -2.30. The van der Waals surface area contributed by atoms with Crippen LogP contribution in [0.5, 0.6) is 0 Å². The fourth-order valence-electron chi connectivity index (χ4n) is 1.43. The van der Waals surface area contributed by atoms with Gasteiger partial charge in [-0.25, -0.2) is 4.79 Å². The van der Waals surface area contributed by atoms with Gasteiger partial charge in [-0.05, 0) is 12.1 Å². The van der Waals surface area contributed by atoms with Crippen LogP contribution in [0.2, 0.25) is 0 Å². The summed E-state index contributed by atoms with van der Waals surface area (Å²) in [7, 11) is 0. The third-order valence-corrected chi connectivity index (χ3v) is 2.35. The number of aliphatic hydroxyl groups is 1. The van der Waals surface area contributed by atoms with Crippen LogP contribution in [0.4, 0.5) is 0 Å². The average Bonchev–Trinajstić information content (AvgIpc) is 2.17. The lowest BCUT2D eigenvalue weighted by molar-refractivity contribution is -0.0466. The van der Waals surface area contributed by atoms with Crippen molar-refractivity contribution in [3.8, 4) is 0 Å². The summed E-state index contributed by atoms with van der Waals surface area (Å²) in [5.74, 6) is -0.303. The van der Waals surface area contributed by atoms with Gasteiger partial charge >= 0.3 is 5.97 Å². The summed E-state index contributed by atoms with van der Waals surface area (Å²) in [6.07, 6.45) is 0.748. The van der Waals surface area contributed by atoms with Crippen LogP contribution < -0.4 is 0 Å². The molecule has 1 aromatic rings. The fourth-order valence-corrected chi connectivity index (χ4v) is 1.43. The van der Waals surface area contributed by atoms with Crippen molar-refractivity contribution in [3.63, 3.8) is 0 Å².